The summed E-state index contributed by atoms with van der Waals surface area (Å²) in [6.45, 7) is 0. The summed E-state index contributed by atoms with van der Waals surface area (Å²) >= 11 is 11.8. The van der Waals surface area contributed by atoms with Gasteiger partial charge in [-0.1, -0.05) is 23.2 Å². The van der Waals surface area contributed by atoms with Crippen LogP contribution in [0.15, 0.2) is 29.2 Å². The van der Waals surface area contributed by atoms with Crippen LogP contribution in [0.4, 0.5) is 0 Å². The molecule has 5 nitrogen and oxygen atoms in total. The van der Waals surface area contributed by atoms with Gasteiger partial charge in [-0.15, -0.1) is 0 Å². The molecule has 0 aliphatic rings. The van der Waals surface area contributed by atoms with Crippen molar-refractivity contribution in [2.45, 2.75) is 0 Å². The van der Waals surface area contributed by atoms with Crippen LogP contribution in [0.25, 0.3) is 5.69 Å². The molecular weight excluding hydrogens is 291 g/mol. The van der Waals surface area contributed by atoms with Gasteiger partial charge in [0.1, 0.15) is 0 Å². The second-order valence-electron chi connectivity index (χ2n) is 3.59. The van der Waals surface area contributed by atoms with Gasteiger partial charge in [0.25, 0.3) is 0 Å². The molecule has 2 aromatic rings. The fourth-order valence-electron chi connectivity index (χ4n) is 1.60. The Hall–Kier alpha value is -1.72. The zero-order valence-corrected chi connectivity index (χ0v) is 11.7. The first-order valence-electron chi connectivity index (χ1n) is 5.23. The van der Waals surface area contributed by atoms with Gasteiger partial charge in [-0.05, 0) is 18.2 Å². The van der Waals surface area contributed by atoms with Crippen molar-refractivity contribution in [3.05, 3.63) is 44.8 Å². The Morgan fingerprint density at radius 3 is 2.26 bits per heavy atom. The summed E-state index contributed by atoms with van der Waals surface area (Å²) in [5.74, 6) is 0.325. The zero-order valence-electron chi connectivity index (χ0n) is 10.2. The minimum Gasteiger partial charge on any atom is -0.491 e. The third kappa shape index (κ3) is 2.67. The number of aromatic nitrogens is 2. The molecule has 0 spiro atoms. The molecule has 1 heterocycles. The van der Waals surface area contributed by atoms with Gasteiger partial charge in [0.15, 0.2) is 5.75 Å². The summed E-state index contributed by atoms with van der Waals surface area (Å²) in [5, 5.41) is 4.81. The van der Waals surface area contributed by atoms with Gasteiger partial charge < -0.3 is 9.47 Å². The molecule has 2 rings (SSSR count). The topological polar surface area (TPSA) is 53.4 Å². The number of ether oxygens (including phenoxy) is 2. The fourth-order valence-corrected chi connectivity index (χ4v) is 2.12. The van der Waals surface area contributed by atoms with E-state index in [9.17, 15) is 4.79 Å². The van der Waals surface area contributed by atoms with Crippen LogP contribution in [0.2, 0.25) is 10.0 Å². The number of halogens is 2. The Kier molecular flexibility index (Phi) is 3.97. The molecule has 7 heteroatoms. The highest BCUT2D eigenvalue weighted by atomic mass is 35.5. The van der Waals surface area contributed by atoms with Crippen molar-refractivity contribution < 1.29 is 9.47 Å². The highest BCUT2D eigenvalue weighted by Gasteiger charge is 2.14. The SMILES string of the molecule is COc1cnn(-c2cc(Cl)cc(Cl)c2)c(=O)c1OC. The fraction of sp³-hybridized carbons (Fsp3) is 0.167. The molecule has 0 aliphatic heterocycles. The van der Waals surface area contributed by atoms with Crippen molar-refractivity contribution in [2.24, 2.45) is 0 Å². The maximum Gasteiger partial charge on any atom is 0.317 e. The van der Waals surface area contributed by atoms with Crippen molar-refractivity contribution in [3.63, 3.8) is 0 Å². The molecule has 0 amide bonds. The second-order valence-corrected chi connectivity index (χ2v) is 4.46. The number of hydrogen-bond donors (Lipinski definition) is 0. The third-order valence-electron chi connectivity index (χ3n) is 2.42. The minimum absolute atomic E-state index is 0.0635. The van der Waals surface area contributed by atoms with Crippen molar-refractivity contribution in [1.29, 1.82) is 0 Å². The number of methoxy groups -OCH3 is 2. The Balaban J connectivity index is 2.66. The maximum absolute atomic E-state index is 12.2. The molecule has 0 aliphatic carbocycles. The number of hydrogen-bond acceptors (Lipinski definition) is 4. The largest absolute Gasteiger partial charge is 0.491 e. The summed E-state index contributed by atoms with van der Waals surface area (Å²) in [7, 11) is 2.81. The molecule has 0 bridgehead atoms. The highest BCUT2D eigenvalue weighted by Crippen LogP contribution is 2.23. The molecule has 0 saturated heterocycles. The van der Waals surface area contributed by atoms with Crippen LogP contribution < -0.4 is 15.0 Å². The molecule has 1 aromatic carbocycles. The first-order chi connectivity index (χ1) is 9.06. The van der Waals surface area contributed by atoms with E-state index in [0.717, 1.165) is 4.68 Å². The summed E-state index contributed by atoms with van der Waals surface area (Å²) < 4.78 is 11.2. The zero-order chi connectivity index (χ0) is 14.0. The lowest BCUT2D eigenvalue weighted by molar-refractivity contribution is 0.344. The van der Waals surface area contributed by atoms with E-state index in [4.69, 9.17) is 32.7 Å². The van der Waals surface area contributed by atoms with Crippen LogP contribution in [-0.2, 0) is 0 Å². The van der Waals surface area contributed by atoms with Crippen molar-refractivity contribution in [3.8, 4) is 17.2 Å². The smallest absolute Gasteiger partial charge is 0.317 e. The molecule has 100 valence electrons. The molecule has 0 radical (unpaired) electrons. The van der Waals surface area contributed by atoms with E-state index >= 15 is 0 Å². The van der Waals surface area contributed by atoms with E-state index in [0.29, 0.717) is 15.7 Å². The van der Waals surface area contributed by atoms with Crippen LogP contribution in [0.5, 0.6) is 11.5 Å². The molecule has 0 saturated carbocycles. The van der Waals surface area contributed by atoms with Crippen molar-refractivity contribution in [1.82, 2.24) is 9.78 Å². The highest BCUT2D eigenvalue weighted by molar-refractivity contribution is 6.34. The van der Waals surface area contributed by atoms with Crippen LogP contribution in [0, 0.1) is 0 Å². The number of rotatable bonds is 3. The lowest BCUT2D eigenvalue weighted by Crippen LogP contribution is -2.22. The van der Waals surface area contributed by atoms with Gasteiger partial charge in [-0.3, -0.25) is 4.79 Å². The monoisotopic (exact) mass is 300 g/mol. The Morgan fingerprint density at radius 2 is 1.74 bits per heavy atom. The lowest BCUT2D eigenvalue weighted by atomic mass is 10.3. The van der Waals surface area contributed by atoms with Gasteiger partial charge in [-0.2, -0.15) is 9.78 Å². The predicted octanol–water partition coefficient (Wildman–Crippen LogP) is 2.56. The Bertz CT molecular complexity index is 650. The van der Waals surface area contributed by atoms with Gasteiger partial charge in [0.05, 0.1) is 26.1 Å². The van der Waals surface area contributed by atoms with E-state index in [2.05, 4.69) is 5.10 Å². The molecule has 19 heavy (non-hydrogen) atoms. The van der Waals surface area contributed by atoms with Crippen LogP contribution in [0.3, 0.4) is 0 Å². The summed E-state index contributed by atoms with van der Waals surface area (Å²) in [5.41, 5.74) is -0.0105. The quantitative estimate of drug-likeness (QED) is 0.874. The third-order valence-corrected chi connectivity index (χ3v) is 2.85. The average molecular weight is 301 g/mol. The predicted molar refractivity (Wildman–Crippen MR) is 73.0 cm³/mol. The molecule has 0 fully saturated rings. The van der Waals surface area contributed by atoms with Crippen molar-refractivity contribution >= 4 is 23.2 Å². The Morgan fingerprint density at radius 1 is 1.11 bits per heavy atom. The van der Waals surface area contributed by atoms with Gasteiger partial charge in [-0.25, -0.2) is 0 Å². The van der Waals surface area contributed by atoms with E-state index < -0.39 is 5.56 Å². The first-order valence-corrected chi connectivity index (χ1v) is 5.99. The average Bonchev–Trinajstić information content (AvgIpc) is 2.36. The molecular formula is C12H10Cl2N2O3. The van der Waals surface area contributed by atoms with E-state index in [1.807, 2.05) is 0 Å². The molecule has 1 aromatic heterocycles. The Labute approximate surface area is 119 Å². The number of benzene rings is 1. The lowest BCUT2D eigenvalue weighted by Gasteiger charge is -2.10. The van der Waals surface area contributed by atoms with Crippen LogP contribution in [0.1, 0.15) is 0 Å². The first kappa shape index (κ1) is 13.7. The van der Waals surface area contributed by atoms with Crippen LogP contribution in [-0.4, -0.2) is 24.0 Å². The van der Waals surface area contributed by atoms with E-state index in [1.165, 1.54) is 20.4 Å². The molecule has 0 atom stereocenters. The van der Waals surface area contributed by atoms with Gasteiger partial charge in [0, 0.05) is 10.0 Å². The molecule has 0 unspecified atom stereocenters. The second kappa shape index (κ2) is 5.50. The van der Waals surface area contributed by atoms with Gasteiger partial charge in [0.2, 0.25) is 5.75 Å². The molecule has 0 N–H and O–H groups in total. The maximum atomic E-state index is 12.2. The van der Waals surface area contributed by atoms with E-state index in [-0.39, 0.29) is 11.5 Å². The van der Waals surface area contributed by atoms with E-state index in [1.54, 1.807) is 18.2 Å². The van der Waals surface area contributed by atoms with Gasteiger partial charge >= 0.3 is 5.56 Å². The minimum atomic E-state index is -0.458. The normalized spacial score (nSPS) is 10.3. The van der Waals surface area contributed by atoms with Crippen molar-refractivity contribution in [2.75, 3.05) is 14.2 Å². The number of nitrogens with zero attached hydrogens (tertiary/aromatic N) is 2. The summed E-state index contributed by atoms with van der Waals surface area (Å²) in [4.78, 5) is 12.2. The standard InChI is InChI=1S/C12H10Cl2N2O3/c1-18-10-6-15-16(12(17)11(10)19-2)9-4-7(13)3-8(14)5-9/h3-6H,1-2H3. The van der Waals surface area contributed by atoms with Crippen LogP contribution >= 0.6 is 23.2 Å². The summed E-state index contributed by atoms with van der Waals surface area (Å²) in [6, 6.07) is 4.72. The summed E-state index contributed by atoms with van der Waals surface area (Å²) in [6.07, 6.45) is 1.38.